The molecule has 0 saturated carbocycles. The maximum absolute atomic E-state index is 13.3. The topological polar surface area (TPSA) is 88.5 Å². The average Bonchev–Trinajstić information content (AvgIpc) is 2.99. The molecular weight excluding hydrogens is 535 g/mol. The summed E-state index contributed by atoms with van der Waals surface area (Å²) in [5.41, 5.74) is 1.32. The van der Waals surface area contributed by atoms with Crippen molar-refractivity contribution in [1.29, 1.82) is 0 Å². The Bertz CT molecular complexity index is 1070. The average molecular weight is 554 g/mol. The van der Waals surface area contributed by atoms with Gasteiger partial charge in [-0.2, -0.15) is 0 Å². The standard InChI is InChI=1S/C21H19IN2O6S/c1-28-14-6-4-13(5-7-14)24-20(27)16(23(21(24)31)11-18(25)30-3)9-12-8-15(22)19(26)17(10-12)29-2/h4-10,26H,11H2,1-3H3/b16-9-. The molecule has 0 aromatic heterocycles. The van der Waals surface area contributed by atoms with Crippen LogP contribution >= 0.6 is 34.8 Å². The van der Waals surface area contributed by atoms with Gasteiger partial charge in [-0.15, -0.1) is 0 Å². The molecule has 8 nitrogen and oxygen atoms in total. The number of rotatable bonds is 6. The molecule has 1 amide bonds. The van der Waals surface area contributed by atoms with E-state index in [1.807, 2.05) is 22.6 Å². The lowest BCUT2D eigenvalue weighted by Crippen LogP contribution is -2.35. The summed E-state index contributed by atoms with van der Waals surface area (Å²) >= 11 is 7.49. The second-order valence-electron chi connectivity index (χ2n) is 6.37. The molecule has 1 aliphatic rings. The summed E-state index contributed by atoms with van der Waals surface area (Å²) in [6.07, 6.45) is 1.59. The van der Waals surface area contributed by atoms with Crippen molar-refractivity contribution in [2.75, 3.05) is 32.8 Å². The van der Waals surface area contributed by atoms with E-state index in [0.717, 1.165) is 0 Å². The molecule has 1 saturated heterocycles. The van der Waals surface area contributed by atoms with Crippen LogP contribution < -0.4 is 14.4 Å². The summed E-state index contributed by atoms with van der Waals surface area (Å²) in [7, 11) is 4.25. The van der Waals surface area contributed by atoms with Crippen molar-refractivity contribution in [3.05, 3.63) is 51.2 Å². The van der Waals surface area contributed by atoms with Crippen LogP contribution in [0.5, 0.6) is 17.2 Å². The monoisotopic (exact) mass is 554 g/mol. The minimum atomic E-state index is -0.546. The van der Waals surface area contributed by atoms with Gasteiger partial charge < -0.3 is 24.2 Å². The SMILES string of the molecule is COC(=O)CN1C(=S)N(c2ccc(OC)cc2)C(=O)/C1=C/c1cc(I)c(O)c(OC)c1. The molecule has 1 N–H and O–H groups in total. The number of esters is 1. The van der Waals surface area contributed by atoms with Crippen molar-refractivity contribution in [3.63, 3.8) is 0 Å². The van der Waals surface area contributed by atoms with Gasteiger partial charge >= 0.3 is 5.97 Å². The van der Waals surface area contributed by atoms with E-state index >= 15 is 0 Å². The number of nitrogens with zero attached hydrogens (tertiary/aromatic N) is 2. The molecule has 162 valence electrons. The van der Waals surface area contributed by atoms with Crippen molar-refractivity contribution in [3.8, 4) is 17.2 Å². The molecule has 31 heavy (non-hydrogen) atoms. The van der Waals surface area contributed by atoms with Crippen LogP contribution in [0.15, 0.2) is 42.1 Å². The quantitative estimate of drug-likeness (QED) is 0.252. The van der Waals surface area contributed by atoms with Crippen LogP contribution in [0.3, 0.4) is 0 Å². The Kier molecular flexibility index (Phi) is 7.01. The second kappa shape index (κ2) is 9.52. The minimum absolute atomic E-state index is 0.00444. The first-order valence-corrected chi connectivity index (χ1v) is 10.4. The zero-order valence-corrected chi connectivity index (χ0v) is 19.9. The number of methoxy groups -OCH3 is 3. The number of carbonyl (C=O) groups is 2. The number of amides is 1. The minimum Gasteiger partial charge on any atom is -0.504 e. The third kappa shape index (κ3) is 4.59. The van der Waals surface area contributed by atoms with Crippen molar-refractivity contribution < 1.29 is 28.9 Å². The molecule has 1 aliphatic heterocycles. The summed E-state index contributed by atoms with van der Waals surface area (Å²) in [5.74, 6) is -0.0472. The smallest absolute Gasteiger partial charge is 0.325 e. The van der Waals surface area contributed by atoms with Gasteiger partial charge in [-0.1, -0.05) is 0 Å². The number of hydrogen-bond acceptors (Lipinski definition) is 7. The van der Waals surface area contributed by atoms with E-state index in [-0.39, 0.29) is 28.9 Å². The zero-order valence-electron chi connectivity index (χ0n) is 16.9. The van der Waals surface area contributed by atoms with Gasteiger partial charge in [-0.05, 0) is 82.8 Å². The summed E-state index contributed by atoms with van der Waals surface area (Å²) in [5, 5.41) is 10.2. The maximum atomic E-state index is 13.3. The van der Waals surface area contributed by atoms with E-state index in [2.05, 4.69) is 0 Å². The Labute approximate surface area is 198 Å². The number of phenols is 1. The number of hydrogen-bond donors (Lipinski definition) is 1. The van der Waals surface area contributed by atoms with Gasteiger partial charge in [0.25, 0.3) is 5.91 Å². The zero-order chi connectivity index (χ0) is 22.7. The third-order valence-corrected chi connectivity index (χ3v) is 5.78. The van der Waals surface area contributed by atoms with E-state index in [1.165, 1.54) is 24.0 Å². The summed E-state index contributed by atoms with van der Waals surface area (Å²) < 4.78 is 15.7. The maximum Gasteiger partial charge on any atom is 0.325 e. The van der Waals surface area contributed by atoms with Crippen LogP contribution in [-0.2, 0) is 14.3 Å². The fourth-order valence-corrected chi connectivity index (χ4v) is 3.95. The van der Waals surface area contributed by atoms with Gasteiger partial charge in [-0.3, -0.25) is 14.5 Å². The Morgan fingerprint density at radius 3 is 2.42 bits per heavy atom. The lowest BCUT2D eigenvalue weighted by molar-refractivity contribution is -0.140. The van der Waals surface area contributed by atoms with Crippen molar-refractivity contribution in [1.82, 2.24) is 4.90 Å². The highest BCUT2D eigenvalue weighted by molar-refractivity contribution is 14.1. The van der Waals surface area contributed by atoms with E-state index < -0.39 is 11.9 Å². The van der Waals surface area contributed by atoms with Crippen LogP contribution in [0, 0.1) is 3.57 Å². The van der Waals surface area contributed by atoms with Crippen molar-refractivity contribution in [2.24, 2.45) is 0 Å². The number of thiocarbonyl (C=S) groups is 1. The molecule has 0 atom stereocenters. The number of anilines is 1. The van der Waals surface area contributed by atoms with E-state index in [1.54, 1.807) is 49.6 Å². The summed E-state index contributed by atoms with van der Waals surface area (Å²) in [6, 6.07) is 10.1. The van der Waals surface area contributed by atoms with Gasteiger partial charge in [0.1, 0.15) is 18.0 Å². The molecule has 1 fully saturated rings. The fourth-order valence-electron chi connectivity index (χ4n) is 2.98. The van der Waals surface area contributed by atoms with E-state index in [9.17, 15) is 14.7 Å². The molecule has 1 heterocycles. The largest absolute Gasteiger partial charge is 0.504 e. The highest BCUT2D eigenvalue weighted by Gasteiger charge is 2.40. The fraction of sp³-hybridized carbons (Fsp3) is 0.190. The predicted molar refractivity (Wildman–Crippen MR) is 127 cm³/mol. The lowest BCUT2D eigenvalue weighted by Gasteiger charge is -2.19. The number of benzene rings is 2. The van der Waals surface area contributed by atoms with Gasteiger partial charge in [-0.25, -0.2) is 0 Å². The first kappa shape index (κ1) is 22.8. The van der Waals surface area contributed by atoms with Crippen molar-refractivity contribution >= 4 is 63.6 Å². The molecule has 3 rings (SSSR count). The Morgan fingerprint density at radius 2 is 1.84 bits per heavy atom. The number of ether oxygens (including phenoxy) is 3. The van der Waals surface area contributed by atoms with E-state index in [4.69, 9.17) is 26.4 Å². The van der Waals surface area contributed by atoms with Crippen LogP contribution in [0.2, 0.25) is 0 Å². The lowest BCUT2D eigenvalue weighted by atomic mass is 10.1. The molecule has 0 spiro atoms. The van der Waals surface area contributed by atoms with Crippen LogP contribution in [0.1, 0.15) is 5.56 Å². The predicted octanol–water partition coefficient (Wildman–Crippen LogP) is 3.16. The first-order chi connectivity index (χ1) is 14.8. The van der Waals surface area contributed by atoms with Gasteiger partial charge in [0.2, 0.25) is 0 Å². The molecule has 2 aromatic rings. The number of halogens is 1. The van der Waals surface area contributed by atoms with Crippen LogP contribution in [0.25, 0.3) is 6.08 Å². The Hall–Kier alpha value is -2.86. The van der Waals surface area contributed by atoms with Crippen molar-refractivity contribution in [2.45, 2.75) is 0 Å². The molecular formula is C21H19IN2O6S. The van der Waals surface area contributed by atoms with Crippen LogP contribution in [-0.4, -0.2) is 54.9 Å². The van der Waals surface area contributed by atoms with Crippen LogP contribution in [0.4, 0.5) is 5.69 Å². The molecule has 0 bridgehead atoms. The second-order valence-corrected chi connectivity index (χ2v) is 7.89. The highest BCUT2D eigenvalue weighted by atomic mass is 127. The number of aromatic hydroxyl groups is 1. The van der Waals surface area contributed by atoms with Gasteiger partial charge in [0.05, 0.1) is 30.6 Å². The summed E-state index contributed by atoms with van der Waals surface area (Å²) in [6.45, 7) is -0.230. The normalized spacial score (nSPS) is 14.9. The van der Waals surface area contributed by atoms with E-state index in [0.29, 0.717) is 20.6 Å². The molecule has 0 aliphatic carbocycles. The Balaban J connectivity index is 2.08. The number of carbonyl (C=O) groups excluding carboxylic acids is 2. The molecule has 2 aromatic carbocycles. The Morgan fingerprint density at radius 1 is 1.16 bits per heavy atom. The third-order valence-electron chi connectivity index (χ3n) is 4.55. The number of phenolic OH excluding ortho intramolecular Hbond substituents is 1. The van der Waals surface area contributed by atoms with Gasteiger partial charge in [0, 0.05) is 0 Å². The first-order valence-electron chi connectivity index (χ1n) is 8.95. The molecule has 0 unspecified atom stereocenters. The summed E-state index contributed by atoms with van der Waals surface area (Å²) in [4.78, 5) is 28.1. The molecule has 10 heteroatoms. The highest BCUT2D eigenvalue weighted by Crippen LogP contribution is 2.35. The molecule has 0 radical (unpaired) electrons. The van der Waals surface area contributed by atoms with Gasteiger partial charge in [0.15, 0.2) is 16.6 Å².